The van der Waals surface area contributed by atoms with Crippen molar-refractivity contribution < 1.29 is 4.74 Å². The molecule has 160 valence electrons. The van der Waals surface area contributed by atoms with Gasteiger partial charge in [-0.3, -0.25) is 4.79 Å². The van der Waals surface area contributed by atoms with E-state index in [0.29, 0.717) is 9.49 Å². The standard InChI is InChI=1S/C26H18N4O2S/c1-32-20-11-7-8-17(14-20)24-18(16-29(28-24)19-9-3-2-4-10-19)15-23-25(31)30-22-13-6-5-12-21(22)27-26(30)33-23/h2-16H,1H3/b23-15-. The summed E-state index contributed by atoms with van der Waals surface area (Å²) < 4.78 is 9.53. The van der Waals surface area contributed by atoms with Crippen LogP contribution in [0.25, 0.3) is 39.0 Å². The summed E-state index contributed by atoms with van der Waals surface area (Å²) in [7, 11) is 1.64. The van der Waals surface area contributed by atoms with Crippen molar-refractivity contribution in [2.24, 2.45) is 0 Å². The molecule has 0 aliphatic carbocycles. The second kappa shape index (κ2) is 7.72. The van der Waals surface area contributed by atoms with Crippen LogP contribution in [-0.4, -0.2) is 26.3 Å². The summed E-state index contributed by atoms with van der Waals surface area (Å²) >= 11 is 1.38. The summed E-state index contributed by atoms with van der Waals surface area (Å²) in [6.07, 6.45) is 3.85. The molecule has 0 amide bonds. The molecule has 0 fully saturated rings. The Kier molecular flexibility index (Phi) is 4.55. The van der Waals surface area contributed by atoms with Crippen LogP contribution in [0.1, 0.15) is 5.56 Å². The first-order valence-electron chi connectivity index (χ1n) is 10.4. The molecule has 0 bridgehead atoms. The molecule has 33 heavy (non-hydrogen) atoms. The van der Waals surface area contributed by atoms with Crippen LogP contribution in [0, 0.1) is 0 Å². The Bertz CT molecular complexity index is 1730. The Balaban J connectivity index is 1.58. The average Bonchev–Trinajstić information content (AvgIpc) is 3.53. The molecule has 6 nitrogen and oxygen atoms in total. The molecular weight excluding hydrogens is 432 g/mol. The van der Waals surface area contributed by atoms with Crippen molar-refractivity contribution in [2.75, 3.05) is 7.11 Å². The Hall–Kier alpha value is -4.23. The predicted molar refractivity (Wildman–Crippen MR) is 131 cm³/mol. The second-order valence-electron chi connectivity index (χ2n) is 7.58. The third kappa shape index (κ3) is 3.30. The van der Waals surface area contributed by atoms with E-state index in [1.54, 1.807) is 11.5 Å². The van der Waals surface area contributed by atoms with Crippen molar-refractivity contribution >= 4 is 33.4 Å². The van der Waals surface area contributed by atoms with E-state index in [2.05, 4.69) is 4.98 Å². The molecule has 0 spiro atoms. The predicted octanol–water partition coefficient (Wildman–Crippen LogP) is 4.32. The zero-order valence-electron chi connectivity index (χ0n) is 17.7. The molecule has 6 rings (SSSR count). The van der Waals surface area contributed by atoms with E-state index in [0.717, 1.165) is 39.3 Å². The molecule has 7 heteroatoms. The Labute approximate surface area is 192 Å². The smallest absolute Gasteiger partial charge is 0.274 e. The van der Waals surface area contributed by atoms with Crippen molar-refractivity contribution in [2.45, 2.75) is 0 Å². The summed E-state index contributed by atoms with van der Waals surface area (Å²) in [4.78, 5) is 18.6. The maximum absolute atomic E-state index is 13.3. The molecular formula is C26H18N4O2S. The molecule has 0 saturated carbocycles. The highest BCUT2D eigenvalue weighted by atomic mass is 32.1. The van der Waals surface area contributed by atoms with Gasteiger partial charge in [0.25, 0.3) is 5.56 Å². The molecule has 0 radical (unpaired) electrons. The van der Waals surface area contributed by atoms with Crippen molar-refractivity contribution in [3.63, 3.8) is 0 Å². The number of fused-ring (bicyclic) bond motifs is 3. The van der Waals surface area contributed by atoms with E-state index < -0.39 is 0 Å². The summed E-state index contributed by atoms with van der Waals surface area (Å²) in [5.74, 6) is 0.748. The maximum Gasteiger partial charge on any atom is 0.274 e. The molecule has 6 aromatic rings. The fourth-order valence-corrected chi connectivity index (χ4v) is 4.93. The third-order valence-corrected chi connectivity index (χ3v) is 6.51. The zero-order valence-corrected chi connectivity index (χ0v) is 18.5. The molecule has 0 unspecified atom stereocenters. The highest BCUT2D eigenvalue weighted by molar-refractivity contribution is 7.15. The maximum atomic E-state index is 13.3. The minimum absolute atomic E-state index is 0.0762. The number of imidazole rings is 1. The van der Waals surface area contributed by atoms with E-state index >= 15 is 0 Å². The Morgan fingerprint density at radius 3 is 2.64 bits per heavy atom. The van der Waals surface area contributed by atoms with Crippen LogP contribution in [0.4, 0.5) is 0 Å². The number of hydrogen-bond acceptors (Lipinski definition) is 5. The average molecular weight is 451 g/mol. The third-order valence-electron chi connectivity index (χ3n) is 5.54. The van der Waals surface area contributed by atoms with Gasteiger partial charge in [0.1, 0.15) is 11.4 Å². The molecule has 0 aliphatic rings. The van der Waals surface area contributed by atoms with Gasteiger partial charge in [-0.1, -0.05) is 53.8 Å². The molecule has 0 saturated heterocycles. The lowest BCUT2D eigenvalue weighted by molar-refractivity contribution is 0.415. The van der Waals surface area contributed by atoms with E-state index in [1.165, 1.54) is 11.3 Å². The van der Waals surface area contributed by atoms with Crippen LogP contribution in [0.3, 0.4) is 0 Å². The lowest BCUT2D eigenvalue weighted by Gasteiger charge is -2.03. The van der Waals surface area contributed by atoms with Gasteiger partial charge in [-0.15, -0.1) is 0 Å². The van der Waals surface area contributed by atoms with Crippen molar-refractivity contribution in [1.29, 1.82) is 0 Å². The summed E-state index contributed by atoms with van der Waals surface area (Å²) in [6, 6.07) is 25.4. The SMILES string of the molecule is COc1cccc(-c2nn(-c3ccccc3)cc2/C=c2\sc3nc4ccccc4n3c2=O)c1. The number of benzene rings is 3. The largest absolute Gasteiger partial charge is 0.497 e. The van der Waals surface area contributed by atoms with Crippen molar-refractivity contribution in [3.05, 3.63) is 106 Å². The first-order chi connectivity index (χ1) is 16.2. The topological polar surface area (TPSA) is 61.4 Å². The van der Waals surface area contributed by atoms with Crippen LogP contribution in [0.15, 0.2) is 89.9 Å². The van der Waals surface area contributed by atoms with Gasteiger partial charge < -0.3 is 4.74 Å². The van der Waals surface area contributed by atoms with Crippen molar-refractivity contribution in [1.82, 2.24) is 19.2 Å². The fourth-order valence-electron chi connectivity index (χ4n) is 3.95. The van der Waals surface area contributed by atoms with Crippen molar-refractivity contribution in [3.8, 4) is 22.7 Å². The van der Waals surface area contributed by atoms with Gasteiger partial charge in [0.15, 0.2) is 4.96 Å². The van der Waals surface area contributed by atoms with E-state index in [-0.39, 0.29) is 5.56 Å². The summed E-state index contributed by atoms with van der Waals surface area (Å²) in [6.45, 7) is 0. The van der Waals surface area contributed by atoms with Gasteiger partial charge >= 0.3 is 0 Å². The highest BCUT2D eigenvalue weighted by Gasteiger charge is 2.14. The van der Waals surface area contributed by atoms with E-state index in [4.69, 9.17) is 9.84 Å². The normalized spacial score (nSPS) is 12.1. The van der Waals surface area contributed by atoms with Gasteiger partial charge in [-0.25, -0.2) is 14.1 Å². The number of hydrogen-bond donors (Lipinski definition) is 0. The van der Waals surface area contributed by atoms with Gasteiger partial charge in [0.2, 0.25) is 0 Å². The highest BCUT2D eigenvalue weighted by Crippen LogP contribution is 2.27. The summed E-state index contributed by atoms with van der Waals surface area (Å²) in [5.41, 5.74) is 5.03. The van der Waals surface area contributed by atoms with Crippen LogP contribution in [0.2, 0.25) is 0 Å². The van der Waals surface area contributed by atoms with Crippen LogP contribution < -0.4 is 14.8 Å². The van der Waals surface area contributed by atoms with Crippen LogP contribution >= 0.6 is 11.3 Å². The summed E-state index contributed by atoms with van der Waals surface area (Å²) in [5, 5.41) is 4.85. The molecule has 3 heterocycles. The number of methoxy groups -OCH3 is 1. The van der Waals surface area contributed by atoms with Crippen LogP contribution in [-0.2, 0) is 0 Å². The zero-order chi connectivity index (χ0) is 22.4. The van der Waals surface area contributed by atoms with Gasteiger partial charge in [0, 0.05) is 17.3 Å². The molecule has 0 atom stereocenters. The van der Waals surface area contributed by atoms with Gasteiger partial charge in [-0.05, 0) is 42.5 Å². The molecule has 0 aliphatic heterocycles. The fraction of sp³-hybridized carbons (Fsp3) is 0.0385. The molecule has 0 N–H and O–H groups in total. The number of thiazole rings is 1. The minimum atomic E-state index is -0.0762. The van der Waals surface area contributed by atoms with Gasteiger partial charge in [-0.2, -0.15) is 5.10 Å². The lowest BCUT2D eigenvalue weighted by Crippen LogP contribution is -2.22. The first-order valence-corrected chi connectivity index (χ1v) is 11.2. The van der Waals surface area contributed by atoms with Crippen LogP contribution in [0.5, 0.6) is 5.75 Å². The number of ether oxygens (including phenoxy) is 1. The number of nitrogens with zero attached hydrogens (tertiary/aromatic N) is 4. The molecule has 3 aromatic carbocycles. The number of aromatic nitrogens is 4. The first kappa shape index (κ1) is 19.5. The van der Waals surface area contributed by atoms with E-state index in [9.17, 15) is 4.79 Å². The minimum Gasteiger partial charge on any atom is -0.497 e. The Morgan fingerprint density at radius 1 is 0.970 bits per heavy atom. The monoisotopic (exact) mass is 450 g/mol. The Morgan fingerprint density at radius 2 is 1.79 bits per heavy atom. The molecule has 3 aromatic heterocycles. The second-order valence-corrected chi connectivity index (χ2v) is 8.59. The number of para-hydroxylation sites is 3. The van der Waals surface area contributed by atoms with Gasteiger partial charge in [0.05, 0.1) is 28.4 Å². The lowest BCUT2D eigenvalue weighted by atomic mass is 10.1. The van der Waals surface area contributed by atoms with E-state index in [1.807, 2.05) is 95.8 Å². The quantitative estimate of drug-likeness (QED) is 0.401. The number of rotatable bonds is 4.